The van der Waals surface area contributed by atoms with Crippen molar-refractivity contribution >= 4 is 0 Å². The zero-order valence-corrected chi connectivity index (χ0v) is 11.8. The summed E-state index contributed by atoms with van der Waals surface area (Å²) >= 11 is 0. The molecule has 0 amide bonds. The lowest BCUT2D eigenvalue weighted by atomic mass is 9.47. The number of hydrogen-bond donors (Lipinski definition) is 2. The third-order valence-corrected chi connectivity index (χ3v) is 6.02. The molecule has 4 aliphatic rings. The SMILES string of the molecule is C=C(CC)CC(NN)C12CC3CC(CC(C3)C1)C2. The van der Waals surface area contributed by atoms with Crippen LogP contribution in [0.3, 0.4) is 0 Å². The molecular weight excluding hydrogens is 220 g/mol. The Hall–Kier alpha value is -0.340. The van der Waals surface area contributed by atoms with Gasteiger partial charge in [0.1, 0.15) is 0 Å². The zero-order valence-electron chi connectivity index (χ0n) is 11.8. The molecule has 0 aromatic carbocycles. The molecular formula is C16H28N2. The van der Waals surface area contributed by atoms with Gasteiger partial charge in [-0.25, -0.2) is 0 Å². The molecule has 0 aromatic rings. The first-order valence-corrected chi connectivity index (χ1v) is 7.78. The Kier molecular flexibility index (Phi) is 3.27. The predicted octanol–water partition coefficient (Wildman–Crippen LogP) is 3.39. The van der Waals surface area contributed by atoms with Crippen LogP contribution in [0.15, 0.2) is 12.2 Å². The number of nitrogens with one attached hydrogen (secondary N) is 1. The fraction of sp³-hybridized carbons (Fsp3) is 0.875. The fourth-order valence-electron chi connectivity index (χ4n) is 5.49. The summed E-state index contributed by atoms with van der Waals surface area (Å²) in [5.74, 6) is 8.91. The van der Waals surface area contributed by atoms with E-state index in [4.69, 9.17) is 5.84 Å². The molecule has 3 N–H and O–H groups in total. The fourth-order valence-corrected chi connectivity index (χ4v) is 5.49. The van der Waals surface area contributed by atoms with Crippen molar-refractivity contribution in [2.24, 2.45) is 29.0 Å². The summed E-state index contributed by atoms with van der Waals surface area (Å²) in [7, 11) is 0. The average Bonchev–Trinajstić information content (AvgIpc) is 2.33. The van der Waals surface area contributed by atoms with E-state index in [2.05, 4.69) is 18.9 Å². The van der Waals surface area contributed by atoms with Gasteiger partial charge in [0.2, 0.25) is 0 Å². The van der Waals surface area contributed by atoms with Gasteiger partial charge in [-0.1, -0.05) is 19.1 Å². The van der Waals surface area contributed by atoms with Crippen molar-refractivity contribution in [2.75, 3.05) is 0 Å². The Bertz CT molecular complexity index is 299. The lowest BCUT2D eigenvalue weighted by Gasteiger charge is -2.59. The monoisotopic (exact) mass is 248 g/mol. The molecule has 4 aliphatic carbocycles. The summed E-state index contributed by atoms with van der Waals surface area (Å²) in [6, 6.07) is 0.471. The van der Waals surface area contributed by atoms with E-state index in [0.717, 1.165) is 30.6 Å². The van der Waals surface area contributed by atoms with Gasteiger partial charge in [-0.05, 0) is 74.5 Å². The van der Waals surface area contributed by atoms with Crippen LogP contribution in [0.2, 0.25) is 0 Å². The third kappa shape index (κ3) is 2.04. The molecule has 0 heterocycles. The quantitative estimate of drug-likeness (QED) is 0.444. The number of nitrogens with two attached hydrogens (primary N) is 1. The summed E-state index contributed by atoms with van der Waals surface area (Å²) < 4.78 is 0. The van der Waals surface area contributed by atoms with Crippen molar-refractivity contribution in [3.63, 3.8) is 0 Å². The third-order valence-electron chi connectivity index (χ3n) is 6.02. The molecule has 2 nitrogen and oxygen atoms in total. The largest absolute Gasteiger partial charge is 0.271 e. The van der Waals surface area contributed by atoms with E-state index in [1.54, 1.807) is 0 Å². The molecule has 0 aromatic heterocycles. The van der Waals surface area contributed by atoms with E-state index in [9.17, 15) is 0 Å². The highest BCUT2D eigenvalue weighted by molar-refractivity contribution is 5.09. The number of hydrogen-bond acceptors (Lipinski definition) is 2. The molecule has 18 heavy (non-hydrogen) atoms. The molecule has 4 bridgehead atoms. The van der Waals surface area contributed by atoms with Gasteiger partial charge in [-0.3, -0.25) is 11.3 Å². The maximum absolute atomic E-state index is 5.91. The van der Waals surface area contributed by atoms with Gasteiger partial charge in [0, 0.05) is 6.04 Å². The van der Waals surface area contributed by atoms with Crippen molar-refractivity contribution in [1.29, 1.82) is 0 Å². The Balaban J connectivity index is 1.78. The molecule has 102 valence electrons. The van der Waals surface area contributed by atoms with E-state index in [-0.39, 0.29) is 0 Å². The molecule has 4 fully saturated rings. The first-order valence-electron chi connectivity index (χ1n) is 7.78. The van der Waals surface area contributed by atoms with Crippen LogP contribution in [-0.2, 0) is 0 Å². The van der Waals surface area contributed by atoms with Crippen molar-refractivity contribution in [1.82, 2.24) is 5.43 Å². The van der Waals surface area contributed by atoms with Crippen molar-refractivity contribution in [3.05, 3.63) is 12.2 Å². The first kappa shape index (κ1) is 12.7. The van der Waals surface area contributed by atoms with Gasteiger partial charge in [0.25, 0.3) is 0 Å². The molecule has 1 atom stereocenters. The van der Waals surface area contributed by atoms with Crippen LogP contribution in [0.1, 0.15) is 58.3 Å². The maximum Gasteiger partial charge on any atom is 0.0304 e. The smallest absolute Gasteiger partial charge is 0.0304 e. The second-order valence-corrected chi connectivity index (χ2v) is 7.31. The summed E-state index contributed by atoms with van der Waals surface area (Å²) in [6.07, 6.45) is 11.0. The second-order valence-electron chi connectivity index (χ2n) is 7.31. The normalized spacial score (nSPS) is 43.1. The maximum atomic E-state index is 5.91. The standard InChI is InChI=1S/C16H28N2/c1-3-11(2)4-15(18-17)16-8-12-5-13(9-16)7-14(6-12)10-16/h12-15,18H,2-10,17H2,1H3. The number of rotatable bonds is 5. The molecule has 1 unspecified atom stereocenters. The van der Waals surface area contributed by atoms with Gasteiger partial charge < -0.3 is 0 Å². The summed E-state index contributed by atoms with van der Waals surface area (Å²) in [4.78, 5) is 0. The minimum absolute atomic E-state index is 0.471. The van der Waals surface area contributed by atoms with Gasteiger partial charge in [-0.2, -0.15) is 0 Å². The lowest BCUT2D eigenvalue weighted by molar-refractivity contribution is -0.0737. The highest BCUT2D eigenvalue weighted by Gasteiger charge is 2.53. The van der Waals surface area contributed by atoms with Gasteiger partial charge in [0.15, 0.2) is 0 Å². The van der Waals surface area contributed by atoms with Gasteiger partial charge >= 0.3 is 0 Å². The minimum atomic E-state index is 0.471. The molecule has 0 saturated heterocycles. The molecule has 4 rings (SSSR count). The van der Waals surface area contributed by atoms with Gasteiger partial charge in [-0.15, -0.1) is 0 Å². The second kappa shape index (κ2) is 4.64. The van der Waals surface area contributed by atoms with Crippen LogP contribution in [0, 0.1) is 23.2 Å². The highest BCUT2D eigenvalue weighted by atomic mass is 15.2. The summed E-state index contributed by atoms with van der Waals surface area (Å²) in [5, 5.41) is 0. The van der Waals surface area contributed by atoms with Crippen molar-refractivity contribution in [2.45, 2.75) is 64.3 Å². The van der Waals surface area contributed by atoms with Crippen LogP contribution >= 0.6 is 0 Å². The molecule has 0 radical (unpaired) electrons. The summed E-state index contributed by atoms with van der Waals surface area (Å²) in [5.41, 5.74) is 5.02. The van der Waals surface area contributed by atoms with Crippen molar-refractivity contribution < 1.29 is 0 Å². The molecule has 0 spiro atoms. The molecule has 0 aliphatic heterocycles. The Morgan fingerprint density at radius 1 is 1.22 bits per heavy atom. The van der Waals surface area contributed by atoms with Crippen LogP contribution in [0.5, 0.6) is 0 Å². The lowest BCUT2D eigenvalue weighted by Crippen LogP contribution is -2.57. The van der Waals surface area contributed by atoms with Crippen molar-refractivity contribution in [3.8, 4) is 0 Å². The zero-order chi connectivity index (χ0) is 12.8. The highest BCUT2D eigenvalue weighted by Crippen LogP contribution is 2.61. The predicted molar refractivity (Wildman–Crippen MR) is 75.8 cm³/mol. The van der Waals surface area contributed by atoms with E-state index < -0.39 is 0 Å². The molecule has 2 heteroatoms. The van der Waals surface area contributed by atoms with E-state index >= 15 is 0 Å². The van der Waals surface area contributed by atoms with Crippen LogP contribution in [0.4, 0.5) is 0 Å². The summed E-state index contributed by atoms with van der Waals surface area (Å²) in [6.45, 7) is 6.40. The Morgan fingerprint density at radius 3 is 2.11 bits per heavy atom. The molecule has 4 saturated carbocycles. The Morgan fingerprint density at radius 2 is 1.72 bits per heavy atom. The van der Waals surface area contributed by atoms with Crippen LogP contribution in [0.25, 0.3) is 0 Å². The average molecular weight is 248 g/mol. The van der Waals surface area contributed by atoms with E-state index in [1.165, 1.54) is 44.1 Å². The van der Waals surface area contributed by atoms with Gasteiger partial charge in [0.05, 0.1) is 0 Å². The minimum Gasteiger partial charge on any atom is -0.271 e. The topological polar surface area (TPSA) is 38.0 Å². The van der Waals surface area contributed by atoms with Crippen LogP contribution in [-0.4, -0.2) is 6.04 Å². The van der Waals surface area contributed by atoms with Crippen LogP contribution < -0.4 is 11.3 Å². The van der Waals surface area contributed by atoms with E-state index in [1.807, 2.05) is 0 Å². The number of hydrazine groups is 1. The van der Waals surface area contributed by atoms with E-state index in [0.29, 0.717) is 11.5 Å². The Labute approximate surface area is 111 Å². The first-order chi connectivity index (χ1) is 8.65.